The van der Waals surface area contributed by atoms with Crippen molar-refractivity contribution < 1.29 is 9.72 Å². The molecule has 0 saturated carbocycles. The lowest BCUT2D eigenvalue weighted by atomic mass is 10.2. The summed E-state index contributed by atoms with van der Waals surface area (Å²) < 4.78 is 1.49. The lowest BCUT2D eigenvalue weighted by Gasteiger charge is -2.34. The normalized spacial score (nSPS) is 14.8. The van der Waals surface area contributed by atoms with Crippen LogP contribution < -0.4 is 4.90 Å². The molecule has 8 nitrogen and oxygen atoms in total. The van der Waals surface area contributed by atoms with E-state index in [2.05, 4.69) is 4.98 Å². The van der Waals surface area contributed by atoms with Gasteiger partial charge in [0.25, 0.3) is 10.9 Å². The van der Waals surface area contributed by atoms with Crippen molar-refractivity contribution in [3.05, 3.63) is 56.5 Å². The number of nitro groups is 1. The summed E-state index contributed by atoms with van der Waals surface area (Å²) in [6, 6.07) is 6.84. The molecule has 134 valence electrons. The standard InChI is InChI=1S/C16H14ClN5O3S/c17-12-3-1-2-11(10-12)15(23)20-6-4-19(5-7-20)13-14(22(24)25)21-8-9-26-16(21)18-13/h1-3,8-10H,4-7H2. The summed E-state index contributed by atoms with van der Waals surface area (Å²) in [5.41, 5.74) is 0.541. The number of carbonyl (C=O) groups excluding carboxylic acids is 1. The minimum Gasteiger partial charge on any atom is -0.358 e. The first-order chi connectivity index (χ1) is 12.5. The molecule has 1 amide bonds. The Morgan fingerprint density at radius 3 is 2.73 bits per heavy atom. The number of aromatic nitrogens is 2. The number of hydrogen-bond donors (Lipinski definition) is 0. The Morgan fingerprint density at radius 1 is 1.27 bits per heavy atom. The molecule has 1 aliphatic heterocycles. The number of piperazine rings is 1. The van der Waals surface area contributed by atoms with Crippen molar-refractivity contribution in [3.63, 3.8) is 0 Å². The van der Waals surface area contributed by atoms with Gasteiger partial charge in [0.15, 0.2) is 0 Å². The maximum absolute atomic E-state index is 12.6. The summed E-state index contributed by atoms with van der Waals surface area (Å²) in [5.74, 6) is 0.236. The summed E-state index contributed by atoms with van der Waals surface area (Å²) in [4.78, 5) is 32.2. The van der Waals surface area contributed by atoms with Gasteiger partial charge < -0.3 is 19.9 Å². The molecule has 0 radical (unpaired) electrons. The van der Waals surface area contributed by atoms with Crippen molar-refractivity contribution in [2.45, 2.75) is 0 Å². The van der Waals surface area contributed by atoms with E-state index in [4.69, 9.17) is 11.6 Å². The van der Waals surface area contributed by atoms with Gasteiger partial charge in [0.2, 0.25) is 5.82 Å². The summed E-state index contributed by atoms with van der Waals surface area (Å²) >= 11 is 7.31. The van der Waals surface area contributed by atoms with Gasteiger partial charge in [0.1, 0.15) is 6.20 Å². The van der Waals surface area contributed by atoms with E-state index >= 15 is 0 Å². The first-order valence-electron chi connectivity index (χ1n) is 7.94. The molecule has 4 rings (SSSR count). The van der Waals surface area contributed by atoms with Gasteiger partial charge in [-0.1, -0.05) is 29.0 Å². The highest BCUT2D eigenvalue weighted by molar-refractivity contribution is 7.15. The molecule has 0 aliphatic carbocycles. The molecule has 0 N–H and O–H groups in total. The molecule has 1 saturated heterocycles. The van der Waals surface area contributed by atoms with Crippen LogP contribution in [0.1, 0.15) is 10.4 Å². The Balaban J connectivity index is 1.52. The first kappa shape index (κ1) is 16.8. The van der Waals surface area contributed by atoms with Crippen LogP contribution in [-0.2, 0) is 0 Å². The Morgan fingerprint density at radius 2 is 2.04 bits per heavy atom. The highest BCUT2D eigenvalue weighted by atomic mass is 35.5. The number of halogens is 1. The summed E-state index contributed by atoms with van der Waals surface area (Å²) in [7, 11) is 0. The van der Waals surface area contributed by atoms with Crippen LogP contribution in [0.4, 0.5) is 11.6 Å². The quantitative estimate of drug-likeness (QED) is 0.506. The Hall–Kier alpha value is -2.65. The molecular weight excluding hydrogens is 378 g/mol. The van der Waals surface area contributed by atoms with Crippen LogP contribution in [0.3, 0.4) is 0 Å². The van der Waals surface area contributed by atoms with Gasteiger partial charge in [0.05, 0.1) is 0 Å². The second-order valence-corrected chi connectivity index (χ2v) is 7.17. The fraction of sp³-hybridized carbons (Fsp3) is 0.250. The minimum atomic E-state index is -0.411. The number of anilines is 1. The van der Waals surface area contributed by atoms with E-state index in [1.165, 1.54) is 15.7 Å². The molecular formula is C16H14ClN5O3S. The Bertz CT molecular complexity index is 993. The highest BCUT2D eigenvalue weighted by Gasteiger charge is 2.31. The zero-order valence-corrected chi connectivity index (χ0v) is 15.1. The van der Waals surface area contributed by atoms with Gasteiger partial charge in [-0.2, -0.15) is 9.38 Å². The van der Waals surface area contributed by atoms with E-state index in [1.807, 2.05) is 4.90 Å². The molecule has 2 aromatic heterocycles. The second kappa shape index (κ2) is 6.58. The Kier molecular flexibility index (Phi) is 4.25. The van der Waals surface area contributed by atoms with Crippen LogP contribution in [0.2, 0.25) is 5.02 Å². The predicted octanol–water partition coefficient (Wildman–Crippen LogP) is 2.92. The molecule has 3 aromatic rings. The third-order valence-electron chi connectivity index (χ3n) is 4.33. The van der Waals surface area contributed by atoms with Gasteiger partial charge in [-0.3, -0.25) is 4.79 Å². The monoisotopic (exact) mass is 391 g/mol. The van der Waals surface area contributed by atoms with Crippen molar-refractivity contribution >= 4 is 45.4 Å². The molecule has 1 aromatic carbocycles. The third-order valence-corrected chi connectivity index (χ3v) is 5.32. The average Bonchev–Trinajstić information content (AvgIpc) is 3.22. The van der Waals surface area contributed by atoms with Gasteiger partial charge in [-0.25, -0.2) is 0 Å². The average molecular weight is 392 g/mol. The van der Waals surface area contributed by atoms with E-state index in [9.17, 15) is 14.9 Å². The number of fused-ring (bicyclic) bond motifs is 1. The van der Waals surface area contributed by atoms with Crippen LogP contribution in [0.25, 0.3) is 4.96 Å². The number of hydrogen-bond acceptors (Lipinski definition) is 6. The van der Waals surface area contributed by atoms with Gasteiger partial charge >= 0.3 is 5.82 Å². The van der Waals surface area contributed by atoms with Gasteiger partial charge in [-0.15, -0.1) is 0 Å². The van der Waals surface area contributed by atoms with Crippen LogP contribution >= 0.6 is 22.9 Å². The maximum Gasteiger partial charge on any atom is 0.373 e. The number of benzene rings is 1. The molecule has 10 heteroatoms. The number of amides is 1. The van der Waals surface area contributed by atoms with Crippen molar-refractivity contribution in [2.24, 2.45) is 0 Å². The van der Waals surface area contributed by atoms with E-state index in [0.717, 1.165) is 0 Å². The topological polar surface area (TPSA) is 84.0 Å². The smallest absolute Gasteiger partial charge is 0.358 e. The number of imidazole rings is 1. The molecule has 0 bridgehead atoms. The van der Waals surface area contributed by atoms with Crippen molar-refractivity contribution in [1.82, 2.24) is 14.3 Å². The fourth-order valence-corrected chi connectivity index (χ4v) is 3.96. The number of rotatable bonds is 3. The first-order valence-corrected chi connectivity index (χ1v) is 9.20. The van der Waals surface area contributed by atoms with E-state index in [1.54, 1.807) is 40.7 Å². The summed E-state index contributed by atoms with van der Waals surface area (Å²) in [6.07, 6.45) is 1.65. The van der Waals surface area contributed by atoms with Gasteiger partial charge in [-0.05, 0) is 23.1 Å². The molecule has 3 heterocycles. The van der Waals surface area contributed by atoms with Gasteiger partial charge in [0, 0.05) is 42.1 Å². The molecule has 26 heavy (non-hydrogen) atoms. The maximum atomic E-state index is 12.6. The predicted molar refractivity (Wildman–Crippen MR) is 99.3 cm³/mol. The van der Waals surface area contributed by atoms with Crippen LogP contribution in [0.5, 0.6) is 0 Å². The lowest BCUT2D eigenvalue weighted by molar-refractivity contribution is -0.389. The van der Waals surface area contributed by atoms with Crippen LogP contribution in [-0.4, -0.2) is 51.3 Å². The third kappa shape index (κ3) is 2.89. The molecule has 1 fully saturated rings. The second-order valence-electron chi connectivity index (χ2n) is 5.86. The Labute approximate surface area is 157 Å². The zero-order chi connectivity index (χ0) is 18.3. The fourth-order valence-electron chi connectivity index (χ4n) is 3.07. The van der Waals surface area contributed by atoms with Crippen molar-refractivity contribution in [3.8, 4) is 0 Å². The molecule has 0 unspecified atom stereocenters. The minimum absolute atomic E-state index is 0.0316. The van der Waals surface area contributed by atoms with Crippen LogP contribution in [0.15, 0.2) is 35.8 Å². The van der Waals surface area contributed by atoms with Crippen molar-refractivity contribution in [2.75, 3.05) is 31.1 Å². The zero-order valence-electron chi connectivity index (χ0n) is 13.5. The molecule has 0 spiro atoms. The number of thiazole rings is 1. The molecule has 1 aliphatic rings. The largest absolute Gasteiger partial charge is 0.373 e. The highest BCUT2D eigenvalue weighted by Crippen LogP contribution is 2.31. The molecule has 0 atom stereocenters. The van der Waals surface area contributed by atoms with Crippen LogP contribution in [0, 0.1) is 10.1 Å². The van der Waals surface area contributed by atoms with Crippen molar-refractivity contribution in [1.29, 1.82) is 0 Å². The number of nitrogens with zero attached hydrogens (tertiary/aromatic N) is 5. The van der Waals surface area contributed by atoms with E-state index in [-0.39, 0.29) is 11.7 Å². The van der Waals surface area contributed by atoms with E-state index < -0.39 is 4.92 Å². The van der Waals surface area contributed by atoms with E-state index in [0.29, 0.717) is 47.5 Å². The SMILES string of the molecule is O=C(c1cccc(Cl)c1)N1CCN(c2nc3sccn3c2[N+](=O)[O-])CC1. The number of carbonyl (C=O) groups is 1. The lowest BCUT2D eigenvalue weighted by Crippen LogP contribution is -2.49. The summed E-state index contributed by atoms with van der Waals surface area (Å²) in [5, 5.41) is 13.8. The summed E-state index contributed by atoms with van der Waals surface area (Å²) in [6.45, 7) is 1.90.